The molecule has 0 aliphatic carbocycles. The van der Waals surface area contributed by atoms with Crippen LogP contribution < -0.4 is 14.8 Å². The molecule has 1 fully saturated rings. The minimum atomic E-state index is -0.507. The summed E-state index contributed by atoms with van der Waals surface area (Å²) in [6.07, 6.45) is 3.95. The Hall–Kier alpha value is -3.52. The van der Waals surface area contributed by atoms with Crippen molar-refractivity contribution in [2.24, 2.45) is 0 Å². The number of carbonyl (C=O) groups is 3. The van der Waals surface area contributed by atoms with Gasteiger partial charge in [-0.05, 0) is 92.9 Å². The summed E-state index contributed by atoms with van der Waals surface area (Å²) in [5.41, 5.74) is 4.20. The summed E-state index contributed by atoms with van der Waals surface area (Å²) in [6.45, 7) is 12.0. The van der Waals surface area contributed by atoms with E-state index in [9.17, 15) is 14.4 Å². The van der Waals surface area contributed by atoms with Gasteiger partial charge in [0.15, 0.2) is 11.5 Å². The predicted molar refractivity (Wildman–Crippen MR) is 140 cm³/mol. The van der Waals surface area contributed by atoms with E-state index >= 15 is 0 Å². The van der Waals surface area contributed by atoms with Gasteiger partial charge < -0.3 is 14.8 Å². The molecule has 0 unspecified atom stereocenters. The first-order valence-electron chi connectivity index (χ1n) is 11.4. The molecule has 0 saturated carbocycles. The van der Waals surface area contributed by atoms with Crippen LogP contribution in [0, 0.1) is 13.8 Å². The molecule has 2 aromatic rings. The monoisotopic (exact) mass is 494 g/mol. The first-order valence-corrected chi connectivity index (χ1v) is 12.2. The van der Waals surface area contributed by atoms with Crippen LogP contribution in [0.2, 0.25) is 0 Å². The number of thioether (sulfide) groups is 1. The highest BCUT2D eigenvalue weighted by molar-refractivity contribution is 8.18. The number of allylic oxidation sites excluding steroid dienone is 1. The van der Waals surface area contributed by atoms with Crippen LogP contribution in [0.4, 0.5) is 10.5 Å². The fraction of sp³-hybridized carbons (Fsp3) is 0.296. The largest absolute Gasteiger partial charge is 0.490 e. The van der Waals surface area contributed by atoms with Gasteiger partial charge in [-0.15, -0.1) is 6.58 Å². The lowest BCUT2D eigenvalue weighted by molar-refractivity contribution is -0.127. The molecule has 0 spiro atoms. The molecular weight excluding hydrogens is 464 g/mol. The van der Waals surface area contributed by atoms with Gasteiger partial charge in [0.2, 0.25) is 5.91 Å². The fourth-order valence-corrected chi connectivity index (χ4v) is 4.66. The van der Waals surface area contributed by atoms with Crippen molar-refractivity contribution >= 4 is 40.6 Å². The molecule has 3 amide bonds. The Morgan fingerprint density at radius 3 is 2.37 bits per heavy atom. The van der Waals surface area contributed by atoms with Gasteiger partial charge in [-0.25, -0.2) is 0 Å². The predicted octanol–water partition coefficient (Wildman–Crippen LogP) is 5.50. The minimum Gasteiger partial charge on any atom is -0.490 e. The number of hydrogen-bond acceptors (Lipinski definition) is 6. The lowest BCUT2D eigenvalue weighted by atomic mass is 10.0. The van der Waals surface area contributed by atoms with Gasteiger partial charge in [0.05, 0.1) is 18.1 Å². The van der Waals surface area contributed by atoms with E-state index in [1.54, 1.807) is 18.2 Å². The van der Waals surface area contributed by atoms with E-state index in [4.69, 9.17) is 9.47 Å². The highest BCUT2D eigenvalue weighted by atomic mass is 32.2. The lowest BCUT2D eigenvalue weighted by Crippen LogP contribution is -2.36. The third-order valence-corrected chi connectivity index (χ3v) is 5.99. The number of nitrogens with zero attached hydrogens (tertiary/aromatic N) is 1. The second-order valence-electron chi connectivity index (χ2n) is 8.06. The summed E-state index contributed by atoms with van der Waals surface area (Å²) in [4.78, 5) is 39.3. The molecule has 1 heterocycles. The van der Waals surface area contributed by atoms with E-state index in [-0.39, 0.29) is 11.4 Å². The Morgan fingerprint density at radius 2 is 1.74 bits per heavy atom. The SMILES string of the molecule is C=CCc1cc(/C=C2/SC(=O)N(CC(=O)Nc3cc(C)cc(C)c3)C2=O)cc(OCC)c1OCC. The van der Waals surface area contributed by atoms with Crippen LogP contribution in [-0.2, 0) is 16.0 Å². The summed E-state index contributed by atoms with van der Waals surface area (Å²) >= 11 is 0.809. The fourth-order valence-electron chi connectivity index (χ4n) is 3.82. The molecule has 1 aliphatic heterocycles. The third kappa shape index (κ3) is 6.54. The highest BCUT2D eigenvalue weighted by Gasteiger charge is 2.36. The van der Waals surface area contributed by atoms with Crippen LogP contribution in [-0.4, -0.2) is 41.7 Å². The number of benzene rings is 2. The van der Waals surface area contributed by atoms with E-state index in [1.165, 1.54) is 0 Å². The molecule has 35 heavy (non-hydrogen) atoms. The number of nitrogens with one attached hydrogen (secondary N) is 1. The van der Waals surface area contributed by atoms with Crippen LogP contribution in [0.15, 0.2) is 47.9 Å². The zero-order valence-electron chi connectivity index (χ0n) is 20.5. The van der Waals surface area contributed by atoms with Gasteiger partial charge in [0, 0.05) is 11.3 Å². The molecule has 1 saturated heterocycles. The second kappa shape index (κ2) is 11.8. The summed E-state index contributed by atoms with van der Waals surface area (Å²) in [7, 11) is 0. The molecule has 1 aliphatic rings. The van der Waals surface area contributed by atoms with Gasteiger partial charge in [-0.1, -0.05) is 12.1 Å². The summed E-state index contributed by atoms with van der Waals surface area (Å²) in [5.74, 6) is 0.258. The smallest absolute Gasteiger partial charge is 0.294 e. The maximum Gasteiger partial charge on any atom is 0.294 e. The molecule has 8 heteroatoms. The summed E-state index contributed by atoms with van der Waals surface area (Å²) in [6, 6.07) is 9.33. The van der Waals surface area contributed by atoms with Crippen molar-refractivity contribution in [3.8, 4) is 11.5 Å². The number of ether oxygens (including phenoxy) is 2. The standard InChI is InChI=1S/C27H30N2O5S/c1-6-9-20-13-19(14-22(33-7-2)25(20)34-8-3)15-23-26(31)29(27(32)35-23)16-24(30)28-21-11-17(4)10-18(5)12-21/h6,10-15H,1,7-9,16H2,2-5H3,(H,28,30)/b23-15+. The Kier molecular flexibility index (Phi) is 8.76. The van der Waals surface area contributed by atoms with Crippen LogP contribution >= 0.6 is 11.8 Å². The van der Waals surface area contributed by atoms with Gasteiger partial charge in [-0.3, -0.25) is 19.3 Å². The number of aryl methyl sites for hydroxylation is 2. The average molecular weight is 495 g/mol. The van der Waals surface area contributed by atoms with Crippen LogP contribution in [0.5, 0.6) is 11.5 Å². The second-order valence-corrected chi connectivity index (χ2v) is 9.05. The van der Waals surface area contributed by atoms with Crippen molar-refractivity contribution in [3.63, 3.8) is 0 Å². The summed E-state index contributed by atoms with van der Waals surface area (Å²) in [5, 5.41) is 2.28. The zero-order valence-corrected chi connectivity index (χ0v) is 21.3. The first-order chi connectivity index (χ1) is 16.7. The van der Waals surface area contributed by atoms with Gasteiger partial charge in [-0.2, -0.15) is 0 Å². The Balaban J connectivity index is 1.82. The van der Waals surface area contributed by atoms with Crippen molar-refractivity contribution in [1.29, 1.82) is 0 Å². The molecule has 0 radical (unpaired) electrons. The van der Waals surface area contributed by atoms with Crippen LogP contribution in [0.3, 0.4) is 0 Å². The van der Waals surface area contributed by atoms with Crippen molar-refractivity contribution in [2.45, 2.75) is 34.1 Å². The van der Waals surface area contributed by atoms with Gasteiger partial charge in [0.25, 0.3) is 11.1 Å². The number of hydrogen-bond donors (Lipinski definition) is 1. The molecule has 3 rings (SSSR count). The van der Waals surface area contributed by atoms with E-state index < -0.39 is 17.1 Å². The summed E-state index contributed by atoms with van der Waals surface area (Å²) < 4.78 is 11.6. The zero-order chi connectivity index (χ0) is 25.5. The van der Waals surface area contributed by atoms with Crippen LogP contribution in [0.25, 0.3) is 6.08 Å². The normalized spacial score (nSPS) is 14.4. The van der Waals surface area contributed by atoms with Crippen molar-refractivity contribution in [1.82, 2.24) is 4.90 Å². The third-order valence-electron chi connectivity index (χ3n) is 5.09. The van der Waals surface area contributed by atoms with E-state index in [0.717, 1.165) is 33.4 Å². The lowest BCUT2D eigenvalue weighted by Gasteiger charge is -2.16. The number of rotatable bonds is 10. The number of amides is 3. The molecule has 0 aromatic heterocycles. The van der Waals surface area contributed by atoms with E-state index in [1.807, 2.05) is 52.0 Å². The Labute approximate surface area is 210 Å². The quantitative estimate of drug-likeness (QED) is 0.347. The first kappa shape index (κ1) is 26.1. The number of imide groups is 1. The maximum atomic E-state index is 13.0. The molecule has 184 valence electrons. The van der Waals surface area contributed by atoms with Gasteiger partial charge in [0.1, 0.15) is 6.54 Å². The van der Waals surface area contributed by atoms with Crippen LogP contribution in [0.1, 0.15) is 36.1 Å². The van der Waals surface area contributed by atoms with E-state index in [0.29, 0.717) is 42.4 Å². The number of anilines is 1. The number of carbonyl (C=O) groups excluding carboxylic acids is 3. The molecule has 0 atom stereocenters. The van der Waals surface area contributed by atoms with Crippen molar-refractivity contribution in [3.05, 3.63) is 70.1 Å². The molecule has 2 aromatic carbocycles. The Bertz CT molecular complexity index is 1170. The molecular formula is C27H30N2O5S. The van der Waals surface area contributed by atoms with Crippen molar-refractivity contribution in [2.75, 3.05) is 25.1 Å². The minimum absolute atomic E-state index is 0.241. The topological polar surface area (TPSA) is 84.9 Å². The van der Waals surface area contributed by atoms with E-state index in [2.05, 4.69) is 11.9 Å². The van der Waals surface area contributed by atoms with Gasteiger partial charge >= 0.3 is 0 Å². The highest BCUT2D eigenvalue weighted by Crippen LogP contribution is 2.37. The molecule has 0 bridgehead atoms. The molecule has 1 N–H and O–H groups in total. The molecule has 7 nitrogen and oxygen atoms in total. The Morgan fingerprint density at radius 1 is 1.06 bits per heavy atom. The van der Waals surface area contributed by atoms with Crippen molar-refractivity contribution < 1.29 is 23.9 Å². The maximum absolute atomic E-state index is 13.0. The average Bonchev–Trinajstić information content (AvgIpc) is 3.03.